The van der Waals surface area contributed by atoms with E-state index in [4.69, 9.17) is 4.74 Å². The molecule has 0 aromatic rings. The van der Waals surface area contributed by atoms with Crippen molar-refractivity contribution in [3.05, 3.63) is 0 Å². The molecule has 4 unspecified atom stereocenters. The van der Waals surface area contributed by atoms with E-state index < -0.39 is 0 Å². The third-order valence-corrected chi connectivity index (χ3v) is 4.84. The van der Waals surface area contributed by atoms with Crippen LogP contribution in [0.25, 0.3) is 0 Å². The van der Waals surface area contributed by atoms with E-state index in [1.165, 1.54) is 14.2 Å². The van der Waals surface area contributed by atoms with Gasteiger partial charge in [-0.3, -0.25) is 9.59 Å². The molecule has 0 radical (unpaired) electrons. The first kappa shape index (κ1) is 17.9. The van der Waals surface area contributed by atoms with Crippen LogP contribution in [-0.4, -0.2) is 35.8 Å². The summed E-state index contributed by atoms with van der Waals surface area (Å²) in [6, 6.07) is 0. The smallest absolute Gasteiger partial charge is 0.319 e. The maximum atomic E-state index is 11.5. The van der Waals surface area contributed by atoms with Crippen molar-refractivity contribution in [1.29, 1.82) is 0 Å². The van der Waals surface area contributed by atoms with Gasteiger partial charge in [0.15, 0.2) is 0 Å². The molecule has 0 aliphatic heterocycles. The minimum atomic E-state index is -0.347. The van der Waals surface area contributed by atoms with Crippen molar-refractivity contribution in [2.75, 3.05) is 14.2 Å². The number of hydrogen-bond donors (Lipinski definition) is 0. The second-order valence-corrected chi connectivity index (χ2v) is 6.29. The lowest BCUT2D eigenvalue weighted by atomic mass is 9.85. The van der Waals surface area contributed by atoms with Gasteiger partial charge in [-0.2, -0.15) is 0 Å². The first-order chi connectivity index (χ1) is 8.38. The highest BCUT2D eigenvalue weighted by Crippen LogP contribution is 2.30. The van der Waals surface area contributed by atoms with Crippen molar-refractivity contribution in [2.45, 2.75) is 36.3 Å². The molecule has 0 rings (SSSR count). The van der Waals surface area contributed by atoms with E-state index in [0.29, 0.717) is 6.42 Å². The highest BCUT2D eigenvalue weighted by Gasteiger charge is 2.32. The van der Waals surface area contributed by atoms with Crippen LogP contribution in [0.15, 0.2) is 0 Å². The molecule has 0 spiro atoms. The van der Waals surface area contributed by atoms with Gasteiger partial charge < -0.3 is 9.47 Å². The zero-order valence-corrected chi connectivity index (χ0v) is 14.3. The SMILES string of the molecule is CCC(C(C)CC(Br)C(=O)OC)C(Br)C(=O)OC. The summed E-state index contributed by atoms with van der Waals surface area (Å²) in [5.41, 5.74) is 0. The van der Waals surface area contributed by atoms with Gasteiger partial charge in [0.1, 0.15) is 9.65 Å². The van der Waals surface area contributed by atoms with Crippen LogP contribution in [0.2, 0.25) is 0 Å². The summed E-state index contributed by atoms with van der Waals surface area (Å²) in [6.07, 6.45) is 1.44. The third kappa shape index (κ3) is 5.26. The summed E-state index contributed by atoms with van der Waals surface area (Å²) < 4.78 is 9.40. The van der Waals surface area contributed by atoms with Crippen molar-refractivity contribution in [3.63, 3.8) is 0 Å². The third-order valence-electron chi connectivity index (χ3n) is 3.04. The molecule has 0 aromatic carbocycles. The molecule has 0 amide bonds. The lowest BCUT2D eigenvalue weighted by molar-refractivity contribution is -0.141. The van der Waals surface area contributed by atoms with E-state index in [1.807, 2.05) is 13.8 Å². The van der Waals surface area contributed by atoms with Crippen molar-refractivity contribution < 1.29 is 19.1 Å². The van der Waals surface area contributed by atoms with Crippen LogP contribution in [0.5, 0.6) is 0 Å². The molecule has 0 fully saturated rings. The van der Waals surface area contributed by atoms with Crippen LogP contribution in [0.4, 0.5) is 0 Å². The number of carbonyl (C=O) groups is 2. The number of hydrogen-bond acceptors (Lipinski definition) is 4. The fraction of sp³-hybridized carbons (Fsp3) is 0.833. The molecule has 106 valence electrons. The Bertz CT molecular complexity index is 283. The van der Waals surface area contributed by atoms with Crippen LogP contribution in [0.3, 0.4) is 0 Å². The van der Waals surface area contributed by atoms with E-state index in [1.54, 1.807) is 0 Å². The molecule has 0 bridgehead atoms. The van der Waals surface area contributed by atoms with Gasteiger partial charge in [-0.05, 0) is 18.3 Å². The molecule has 0 N–H and O–H groups in total. The average molecular weight is 388 g/mol. The molecule has 0 aliphatic rings. The Morgan fingerprint density at radius 1 is 1.11 bits per heavy atom. The fourth-order valence-electron chi connectivity index (χ4n) is 1.91. The Kier molecular flexibility index (Phi) is 8.86. The minimum Gasteiger partial charge on any atom is -0.468 e. The largest absolute Gasteiger partial charge is 0.468 e. The molecule has 6 heteroatoms. The van der Waals surface area contributed by atoms with Gasteiger partial charge in [-0.1, -0.05) is 52.1 Å². The molecular weight excluding hydrogens is 368 g/mol. The van der Waals surface area contributed by atoms with Crippen LogP contribution in [0.1, 0.15) is 26.7 Å². The highest BCUT2D eigenvalue weighted by atomic mass is 79.9. The first-order valence-electron chi connectivity index (χ1n) is 5.82. The van der Waals surface area contributed by atoms with Crippen molar-refractivity contribution in [2.24, 2.45) is 11.8 Å². The zero-order valence-electron chi connectivity index (χ0n) is 11.1. The Morgan fingerprint density at radius 2 is 1.61 bits per heavy atom. The molecule has 4 atom stereocenters. The van der Waals surface area contributed by atoms with Crippen LogP contribution in [0, 0.1) is 11.8 Å². The van der Waals surface area contributed by atoms with Crippen LogP contribution < -0.4 is 0 Å². The number of rotatable bonds is 7. The fourth-order valence-corrected chi connectivity index (χ4v) is 3.77. The summed E-state index contributed by atoms with van der Waals surface area (Å²) in [5, 5.41) is 0. The monoisotopic (exact) mass is 386 g/mol. The standard InChI is InChI=1S/C12H20Br2O4/c1-5-8(10(14)12(16)18-4)7(2)6-9(13)11(15)17-3/h7-10H,5-6H2,1-4H3. The first-order valence-corrected chi connectivity index (χ1v) is 7.65. The summed E-state index contributed by atoms with van der Waals surface area (Å²) in [5.74, 6) is -0.275. The van der Waals surface area contributed by atoms with Gasteiger partial charge in [0, 0.05) is 0 Å². The number of alkyl halides is 2. The Balaban J connectivity index is 4.56. The van der Waals surface area contributed by atoms with Gasteiger partial charge in [0.25, 0.3) is 0 Å². The second kappa shape index (κ2) is 8.91. The van der Waals surface area contributed by atoms with E-state index in [-0.39, 0.29) is 33.4 Å². The van der Waals surface area contributed by atoms with Crippen molar-refractivity contribution >= 4 is 43.8 Å². The number of ether oxygens (including phenoxy) is 2. The summed E-state index contributed by atoms with van der Waals surface area (Å²) in [6.45, 7) is 4.03. The zero-order chi connectivity index (χ0) is 14.3. The highest BCUT2D eigenvalue weighted by molar-refractivity contribution is 9.10. The number of methoxy groups -OCH3 is 2. The molecule has 4 nitrogen and oxygen atoms in total. The number of esters is 2. The van der Waals surface area contributed by atoms with Crippen molar-refractivity contribution in [1.82, 2.24) is 0 Å². The second-order valence-electron chi connectivity index (χ2n) is 4.20. The average Bonchev–Trinajstić information content (AvgIpc) is 2.37. The topological polar surface area (TPSA) is 52.6 Å². The maximum absolute atomic E-state index is 11.5. The van der Waals surface area contributed by atoms with E-state index >= 15 is 0 Å². The Hall–Kier alpha value is -0.100. The van der Waals surface area contributed by atoms with Gasteiger partial charge in [0.2, 0.25) is 0 Å². The van der Waals surface area contributed by atoms with E-state index in [0.717, 1.165) is 6.42 Å². The predicted octanol–water partition coefficient (Wildman–Crippen LogP) is 2.91. The normalized spacial score (nSPS) is 17.4. The Labute approximate surface area is 125 Å². The summed E-state index contributed by atoms with van der Waals surface area (Å²) in [7, 11) is 2.73. The van der Waals surface area contributed by atoms with Gasteiger partial charge in [-0.15, -0.1) is 0 Å². The lowest BCUT2D eigenvalue weighted by Gasteiger charge is -2.26. The number of carbonyl (C=O) groups excluding carboxylic acids is 2. The minimum absolute atomic E-state index is 0.113. The molecule has 0 aromatic heterocycles. The van der Waals surface area contributed by atoms with Gasteiger partial charge in [-0.25, -0.2) is 0 Å². The quantitative estimate of drug-likeness (QED) is 0.497. The predicted molar refractivity (Wildman–Crippen MR) is 77.0 cm³/mol. The lowest BCUT2D eigenvalue weighted by Crippen LogP contribution is -2.31. The van der Waals surface area contributed by atoms with Gasteiger partial charge >= 0.3 is 11.9 Å². The van der Waals surface area contributed by atoms with Gasteiger partial charge in [0.05, 0.1) is 14.2 Å². The maximum Gasteiger partial charge on any atom is 0.319 e. The van der Waals surface area contributed by atoms with Crippen LogP contribution >= 0.6 is 31.9 Å². The van der Waals surface area contributed by atoms with Crippen molar-refractivity contribution in [3.8, 4) is 0 Å². The molecule has 18 heavy (non-hydrogen) atoms. The molecule has 0 saturated heterocycles. The van der Waals surface area contributed by atoms with E-state index in [2.05, 4.69) is 36.6 Å². The molecule has 0 heterocycles. The number of halogens is 2. The van der Waals surface area contributed by atoms with Crippen LogP contribution in [-0.2, 0) is 19.1 Å². The molecule has 0 aliphatic carbocycles. The Morgan fingerprint density at radius 3 is 2.00 bits per heavy atom. The summed E-state index contributed by atoms with van der Waals surface area (Å²) in [4.78, 5) is 22.2. The molecular formula is C12H20Br2O4. The van der Waals surface area contributed by atoms with E-state index in [9.17, 15) is 9.59 Å². The summed E-state index contributed by atoms with van der Waals surface area (Å²) >= 11 is 6.67. The molecule has 0 saturated carbocycles.